The number of nitrogens with two attached hydrogens (primary N) is 1. The van der Waals surface area contributed by atoms with Gasteiger partial charge in [-0.25, -0.2) is 4.79 Å². The molecule has 4 heteroatoms. The van der Waals surface area contributed by atoms with Gasteiger partial charge in [-0.15, -0.1) is 0 Å². The molecular weight excluding hydrogens is 242 g/mol. The third-order valence-corrected chi connectivity index (χ3v) is 3.28. The summed E-state index contributed by atoms with van der Waals surface area (Å²) in [6.45, 7) is 4.14. The van der Waals surface area contributed by atoms with Crippen LogP contribution in [0.1, 0.15) is 41.9 Å². The van der Waals surface area contributed by atoms with Crippen molar-refractivity contribution in [3.8, 4) is 0 Å². The summed E-state index contributed by atoms with van der Waals surface area (Å²) in [5, 5.41) is 0.863. The molecule has 0 aliphatic carbocycles. The zero-order chi connectivity index (χ0) is 14.0. The minimum Gasteiger partial charge on any atom is -0.465 e. The fraction of sp³-hybridized carbons (Fsp3) is 0.400. The van der Waals surface area contributed by atoms with E-state index < -0.39 is 5.97 Å². The van der Waals surface area contributed by atoms with E-state index in [0.29, 0.717) is 16.8 Å². The molecule has 0 spiro atoms. The van der Waals surface area contributed by atoms with Gasteiger partial charge in [-0.1, -0.05) is 20.3 Å². The lowest BCUT2D eigenvalue weighted by Crippen LogP contribution is -2.02. The number of carbonyl (C=O) groups is 1. The minimum absolute atomic E-state index is 0.399. The highest BCUT2D eigenvalue weighted by molar-refractivity contribution is 6.07. The molecule has 0 aliphatic heterocycles. The monoisotopic (exact) mass is 261 g/mol. The van der Waals surface area contributed by atoms with Crippen LogP contribution in [0.25, 0.3) is 11.0 Å². The van der Waals surface area contributed by atoms with Gasteiger partial charge >= 0.3 is 5.97 Å². The summed E-state index contributed by atoms with van der Waals surface area (Å²) in [5.41, 5.74) is 8.80. The summed E-state index contributed by atoms with van der Waals surface area (Å²) >= 11 is 0. The molecule has 0 radical (unpaired) electrons. The Balaban J connectivity index is 2.77. The predicted octanol–water partition coefficient (Wildman–Crippen LogP) is 3.32. The van der Waals surface area contributed by atoms with Gasteiger partial charge in [-0.2, -0.15) is 0 Å². The number of furan rings is 1. The number of carbonyl (C=O) groups excluding carboxylic acids is 1. The van der Waals surface area contributed by atoms with Crippen molar-refractivity contribution >= 4 is 22.6 Å². The number of hydrogen-bond donors (Lipinski definition) is 1. The van der Waals surface area contributed by atoms with Crippen molar-refractivity contribution in [1.29, 1.82) is 0 Å². The molecule has 19 heavy (non-hydrogen) atoms. The zero-order valence-corrected chi connectivity index (χ0v) is 11.6. The van der Waals surface area contributed by atoms with E-state index in [-0.39, 0.29) is 0 Å². The third kappa shape index (κ3) is 2.18. The summed E-state index contributed by atoms with van der Waals surface area (Å²) in [6, 6.07) is 3.39. The van der Waals surface area contributed by atoms with Gasteiger partial charge in [0.15, 0.2) is 5.58 Å². The lowest BCUT2D eigenvalue weighted by molar-refractivity contribution is 0.0601. The highest BCUT2D eigenvalue weighted by Crippen LogP contribution is 2.34. The SMILES string of the molecule is CCCc1c(CC)oc2c(C(=O)OC)ccc(N)c12. The van der Waals surface area contributed by atoms with E-state index >= 15 is 0 Å². The maximum absolute atomic E-state index is 11.8. The molecule has 1 aromatic heterocycles. The van der Waals surface area contributed by atoms with Crippen LogP contribution in [0.5, 0.6) is 0 Å². The molecule has 0 saturated carbocycles. The van der Waals surface area contributed by atoms with Crippen LogP contribution < -0.4 is 5.73 Å². The molecule has 0 aliphatic rings. The Labute approximate surface area is 112 Å². The summed E-state index contributed by atoms with van der Waals surface area (Å²) in [6.07, 6.45) is 2.68. The minimum atomic E-state index is -0.399. The van der Waals surface area contributed by atoms with Crippen molar-refractivity contribution in [3.05, 3.63) is 29.0 Å². The maximum Gasteiger partial charge on any atom is 0.341 e. The van der Waals surface area contributed by atoms with Gasteiger partial charge in [0.1, 0.15) is 11.3 Å². The fourth-order valence-electron chi connectivity index (χ4n) is 2.41. The van der Waals surface area contributed by atoms with Gasteiger partial charge in [-0.05, 0) is 18.6 Å². The molecule has 0 saturated heterocycles. The zero-order valence-electron chi connectivity index (χ0n) is 11.6. The number of ether oxygens (including phenoxy) is 1. The number of benzene rings is 1. The molecule has 2 rings (SSSR count). The average Bonchev–Trinajstić information content (AvgIpc) is 2.78. The Hall–Kier alpha value is -1.97. The Morgan fingerprint density at radius 2 is 2.11 bits per heavy atom. The van der Waals surface area contributed by atoms with Crippen LogP contribution in [-0.2, 0) is 17.6 Å². The fourth-order valence-corrected chi connectivity index (χ4v) is 2.41. The molecule has 1 aromatic carbocycles. The van der Waals surface area contributed by atoms with Crippen LogP contribution in [0.3, 0.4) is 0 Å². The highest BCUT2D eigenvalue weighted by atomic mass is 16.5. The molecule has 0 amide bonds. The first kappa shape index (κ1) is 13.5. The van der Waals surface area contributed by atoms with Crippen molar-refractivity contribution in [3.63, 3.8) is 0 Å². The van der Waals surface area contributed by atoms with Gasteiger partial charge in [0.25, 0.3) is 0 Å². The molecule has 4 nitrogen and oxygen atoms in total. The number of rotatable bonds is 4. The van der Waals surface area contributed by atoms with Crippen molar-refractivity contribution < 1.29 is 13.9 Å². The molecule has 0 unspecified atom stereocenters. The first-order chi connectivity index (χ1) is 9.13. The lowest BCUT2D eigenvalue weighted by Gasteiger charge is -2.03. The molecule has 0 fully saturated rings. The van der Waals surface area contributed by atoms with Crippen LogP contribution in [0, 0.1) is 0 Å². The van der Waals surface area contributed by atoms with E-state index in [4.69, 9.17) is 14.9 Å². The van der Waals surface area contributed by atoms with Crippen molar-refractivity contribution in [2.45, 2.75) is 33.1 Å². The second-order valence-electron chi connectivity index (χ2n) is 4.51. The molecule has 1 heterocycles. The van der Waals surface area contributed by atoms with Gasteiger partial charge in [0, 0.05) is 23.1 Å². The molecule has 102 valence electrons. The Morgan fingerprint density at radius 3 is 2.68 bits per heavy atom. The maximum atomic E-state index is 11.8. The van der Waals surface area contributed by atoms with Crippen LogP contribution in [0.15, 0.2) is 16.5 Å². The molecule has 2 aromatic rings. The van der Waals surface area contributed by atoms with Gasteiger partial charge < -0.3 is 14.9 Å². The predicted molar refractivity (Wildman–Crippen MR) is 75.3 cm³/mol. The highest BCUT2D eigenvalue weighted by Gasteiger charge is 2.21. The van der Waals surface area contributed by atoms with Gasteiger partial charge in [0.2, 0.25) is 0 Å². The number of hydrogen-bond acceptors (Lipinski definition) is 4. The second kappa shape index (κ2) is 5.34. The Bertz CT molecular complexity index is 613. The summed E-state index contributed by atoms with van der Waals surface area (Å²) in [4.78, 5) is 11.8. The molecule has 0 atom stereocenters. The van der Waals surface area contributed by atoms with Crippen LogP contribution in [0.4, 0.5) is 5.69 Å². The number of nitrogen functional groups attached to an aromatic ring is 1. The lowest BCUT2D eigenvalue weighted by atomic mass is 10.0. The second-order valence-corrected chi connectivity index (χ2v) is 4.51. The van der Waals surface area contributed by atoms with E-state index in [1.54, 1.807) is 12.1 Å². The van der Waals surface area contributed by atoms with Gasteiger partial charge in [-0.3, -0.25) is 0 Å². The summed E-state index contributed by atoms with van der Waals surface area (Å²) in [5.74, 6) is 0.504. The molecule has 2 N–H and O–H groups in total. The van der Waals surface area contributed by atoms with Crippen molar-refractivity contribution in [1.82, 2.24) is 0 Å². The smallest absolute Gasteiger partial charge is 0.341 e. The first-order valence-corrected chi connectivity index (χ1v) is 6.55. The summed E-state index contributed by atoms with van der Waals surface area (Å²) < 4.78 is 10.6. The third-order valence-electron chi connectivity index (χ3n) is 3.28. The van der Waals surface area contributed by atoms with E-state index in [9.17, 15) is 4.79 Å². The van der Waals surface area contributed by atoms with E-state index in [1.807, 2.05) is 6.92 Å². The van der Waals surface area contributed by atoms with Crippen molar-refractivity contribution in [2.24, 2.45) is 0 Å². The average molecular weight is 261 g/mol. The normalized spacial score (nSPS) is 10.9. The number of aryl methyl sites for hydroxylation is 2. The van der Waals surface area contributed by atoms with E-state index in [2.05, 4.69) is 6.92 Å². The van der Waals surface area contributed by atoms with Crippen molar-refractivity contribution in [2.75, 3.05) is 12.8 Å². The van der Waals surface area contributed by atoms with Crippen LogP contribution in [0.2, 0.25) is 0 Å². The van der Waals surface area contributed by atoms with E-state index in [1.165, 1.54) is 7.11 Å². The number of anilines is 1. The molecule has 0 bridgehead atoms. The van der Waals surface area contributed by atoms with Crippen LogP contribution >= 0.6 is 0 Å². The topological polar surface area (TPSA) is 65.5 Å². The first-order valence-electron chi connectivity index (χ1n) is 6.55. The quantitative estimate of drug-likeness (QED) is 0.677. The Morgan fingerprint density at radius 1 is 1.37 bits per heavy atom. The standard InChI is InChI=1S/C15H19NO3/c1-4-6-9-12(5-2)19-14-10(15(17)18-3)7-8-11(16)13(9)14/h7-8H,4-6,16H2,1-3H3. The van der Waals surface area contributed by atoms with Crippen LogP contribution in [-0.4, -0.2) is 13.1 Å². The van der Waals surface area contributed by atoms with E-state index in [0.717, 1.165) is 36.0 Å². The number of esters is 1. The molecular formula is C15H19NO3. The summed E-state index contributed by atoms with van der Waals surface area (Å²) in [7, 11) is 1.36. The van der Waals surface area contributed by atoms with Gasteiger partial charge in [0.05, 0.1) is 7.11 Å². The number of methoxy groups -OCH3 is 1. The Kier molecular flexibility index (Phi) is 3.79. The largest absolute Gasteiger partial charge is 0.465 e. The number of fused-ring (bicyclic) bond motifs is 1.